The first-order valence-corrected chi connectivity index (χ1v) is 9.17. The van der Waals surface area contributed by atoms with E-state index >= 15 is 0 Å². The highest BCUT2D eigenvalue weighted by Crippen LogP contribution is 2.48. The van der Waals surface area contributed by atoms with Crippen LogP contribution >= 0.6 is 15.9 Å². The summed E-state index contributed by atoms with van der Waals surface area (Å²) in [6.07, 6.45) is 2.76. The van der Waals surface area contributed by atoms with Gasteiger partial charge in [-0.2, -0.15) is 0 Å². The Labute approximate surface area is 150 Å². The van der Waals surface area contributed by atoms with Crippen molar-refractivity contribution < 1.29 is 9.53 Å². The van der Waals surface area contributed by atoms with Gasteiger partial charge in [-0.15, -0.1) is 0 Å². The molecular formula is C20H20BrNO2. The summed E-state index contributed by atoms with van der Waals surface area (Å²) >= 11 is 3.50. The number of nitrogens with zero attached hydrogens (tertiary/aromatic N) is 1. The molecule has 2 aromatic rings. The van der Waals surface area contributed by atoms with Crippen molar-refractivity contribution in [2.45, 2.75) is 31.3 Å². The molecule has 2 bridgehead atoms. The quantitative estimate of drug-likeness (QED) is 0.762. The van der Waals surface area contributed by atoms with Crippen molar-refractivity contribution in [3.05, 3.63) is 58.6 Å². The van der Waals surface area contributed by atoms with E-state index < -0.39 is 0 Å². The highest BCUT2D eigenvalue weighted by atomic mass is 79.9. The standard InChI is InChI=1S/C20H20BrNO2/c1-24-17-9-6-15(7-10-17)22-16-8-11-18(19(23)12-16)20(22)13-2-4-14(21)5-3-13/h2-7,9-10,16,18,20H,8,11-12H2,1H3/t16-,18+,20+/m0/s1. The Kier molecular flexibility index (Phi) is 4.09. The number of rotatable bonds is 3. The van der Waals surface area contributed by atoms with Gasteiger partial charge in [0.25, 0.3) is 0 Å². The Morgan fingerprint density at radius 3 is 2.38 bits per heavy atom. The molecule has 3 fully saturated rings. The SMILES string of the molecule is COc1ccc(N2[C@H]3CC[C@H](C(=O)C3)[C@H]2c2ccc(Br)cc2)cc1. The molecule has 1 saturated carbocycles. The highest BCUT2D eigenvalue weighted by molar-refractivity contribution is 9.10. The molecule has 0 aromatic heterocycles. The molecule has 0 spiro atoms. The smallest absolute Gasteiger partial charge is 0.140 e. The molecule has 24 heavy (non-hydrogen) atoms. The van der Waals surface area contributed by atoms with Crippen molar-refractivity contribution in [1.29, 1.82) is 0 Å². The van der Waals surface area contributed by atoms with Crippen molar-refractivity contribution in [1.82, 2.24) is 0 Å². The van der Waals surface area contributed by atoms with Crippen molar-refractivity contribution in [2.75, 3.05) is 12.0 Å². The maximum atomic E-state index is 12.5. The van der Waals surface area contributed by atoms with E-state index in [2.05, 4.69) is 57.2 Å². The van der Waals surface area contributed by atoms with Crippen LogP contribution in [-0.2, 0) is 4.79 Å². The van der Waals surface area contributed by atoms with Gasteiger partial charge in [-0.3, -0.25) is 4.79 Å². The Balaban J connectivity index is 1.76. The summed E-state index contributed by atoms with van der Waals surface area (Å²) in [5.74, 6) is 1.37. The number of carbonyl (C=O) groups excluding carboxylic acids is 1. The van der Waals surface area contributed by atoms with E-state index in [4.69, 9.17) is 4.74 Å². The Bertz CT molecular complexity index is 741. The Morgan fingerprint density at radius 2 is 1.75 bits per heavy atom. The number of Topliss-reactive ketones (excluding diaryl/α,β-unsaturated/α-hetero) is 1. The molecular weight excluding hydrogens is 366 g/mol. The summed E-state index contributed by atoms with van der Waals surface area (Å²) in [5, 5.41) is 0. The van der Waals surface area contributed by atoms with Crippen LogP contribution in [0.2, 0.25) is 0 Å². The van der Waals surface area contributed by atoms with Crippen LogP contribution in [0.25, 0.3) is 0 Å². The van der Waals surface area contributed by atoms with Crippen LogP contribution in [-0.4, -0.2) is 18.9 Å². The maximum Gasteiger partial charge on any atom is 0.140 e. The van der Waals surface area contributed by atoms with Crippen LogP contribution in [0.1, 0.15) is 30.9 Å². The summed E-state index contributed by atoms with van der Waals surface area (Å²) < 4.78 is 6.35. The lowest BCUT2D eigenvalue weighted by Gasteiger charge is -2.52. The Hall–Kier alpha value is -1.81. The number of benzene rings is 2. The minimum atomic E-state index is 0.0956. The normalized spacial score (nSPS) is 25.8. The number of methoxy groups -OCH3 is 1. The van der Waals surface area contributed by atoms with E-state index in [1.807, 2.05) is 12.1 Å². The van der Waals surface area contributed by atoms with Crippen molar-refractivity contribution >= 4 is 27.4 Å². The number of ether oxygens (including phenoxy) is 1. The van der Waals surface area contributed by atoms with E-state index in [0.717, 1.165) is 23.1 Å². The number of hydrogen-bond acceptors (Lipinski definition) is 3. The monoisotopic (exact) mass is 385 g/mol. The molecule has 124 valence electrons. The molecule has 2 aliphatic heterocycles. The first-order valence-electron chi connectivity index (χ1n) is 8.38. The average molecular weight is 386 g/mol. The first-order chi connectivity index (χ1) is 11.7. The lowest BCUT2D eigenvalue weighted by molar-refractivity contribution is -0.128. The van der Waals surface area contributed by atoms with Crippen molar-refractivity contribution in [2.24, 2.45) is 5.92 Å². The molecule has 4 heteroatoms. The number of fused-ring (bicyclic) bond motifs is 3. The van der Waals surface area contributed by atoms with Crippen molar-refractivity contribution in [3.8, 4) is 5.75 Å². The molecule has 0 radical (unpaired) electrons. The number of halogens is 1. The Morgan fingerprint density at radius 1 is 1.04 bits per heavy atom. The van der Waals surface area contributed by atoms with Gasteiger partial charge in [-0.05, 0) is 54.8 Å². The molecule has 3 atom stereocenters. The number of ketones is 1. The molecule has 0 N–H and O–H groups in total. The second-order valence-corrected chi connectivity index (χ2v) is 7.53. The van der Waals surface area contributed by atoms with Crippen LogP contribution < -0.4 is 9.64 Å². The largest absolute Gasteiger partial charge is 0.497 e. The molecule has 0 unspecified atom stereocenters. The number of piperidine rings is 2. The van der Waals surface area contributed by atoms with E-state index in [-0.39, 0.29) is 12.0 Å². The van der Waals surface area contributed by atoms with Crippen LogP contribution in [0.3, 0.4) is 0 Å². The lowest BCUT2D eigenvalue weighted by atomic mass is 9.71. The van der Waals surface area contributed by atoms with E-state index in [1.165, 1.54) is 11.3 Å². The van der Waals surface area contributed by atoms with Gasteiger partial charge in [-0.1, -0.05) is 28.1 Å². The summed E-state index contributed by atoms with van der Waals surface area (Å²) in [6, 6.07) is 17.0. The fraction of sp³-hybridized carbons (Fsp3) is 0.350. The predicted octanol–water partition coefficient (Wildman–Crippen LogP) is 4.76. The molecule has 3 nitrogen and oxygen atoms in total. The van der Waals surface area contributed by atoms with Crippen molar-refractivity contribution in [3.63, 3.8) is 0 Å². The zero-order chi connectivity index (χ0) is 16.7. The third-order valence-electron chi connectivity index (χ3n) is 5.32. The van der Waals surface area contributed by atoms with Gasteiger partial charge in [0.1, 0.15) is 11.5 Å². The predicted molar refractivity (Wildman–Crippen MR) is 98.5 cm³/mol. The molecule has 2 heterocycles. The summed E-state index contributed by atoms with van der Waals surface area (Å²) in [7, 11) is 1.68. The van der Waals surface area contributed by atoms with Gasteiger partial charge in [0.2, 0.25) is 0 Å². The van der Waals surface area contributed by atoms with Gasteiger partial charge in [0.15, 0.2) is 0 Å². The summed E-state index contributed by atoms with van der Waals surface area (Å²) in [4.78, 5) is 15.0. The fourth-order valence-corrected chi connectivity index (χ4v) is 4.45. The van der Waals surface area contributed by atoms with Gasteiger partial charge in [-0.25, -0.2) is 0 Å². The third-order valence-corrected chi connectivity index (χ3v) is 5.85. The second kappa shape index (κ2) is 6.25. The van der Waals surface area contributed by atoms with Crippen LogP contribution in [0, 0.1) is 5.92 Å². The summed E-state index contributed by atoms with van der Waals surface area (Å²) in [5.41, 5.74) is 2.39. The zero-order valence-corrected chi connectivity index (χ0v) is 15.2. The number of anilines is 1. The molecule has 3 aliphatic rings. The minimum Gasteiger partial charge on any atom is -0.497 e. The van der Waals surface area contributed by atoms with Gasteiger partial charge >= 0.3 is 0 Å². The zero-order valence-electron chi connectivity index (χ0n) is 13.6. The van der Waals surface area contributed by atoms with Gasteiger partial charge in [0, 0.05) is 28.5 Å². The second-order valence-electron chi connectivity index (χ2n) is 6.61. The lowest BCUT2D eigenvalue weighted by Crippen LogP contribution is -2.54. The topological polar surface area (TPSA) is 29.5 Å². The minimum absolute atomic E-state index is 0.0956. The van der Waals surface area contributed by atoms with E-state index in [1.54, 1.807) is 7.11 Å². The van der Waals surface area contributed by atoms with Gasteiger partial charge in [0.05, 0.1) is 13.2 Å². The van der Waals surface area contributed by atoms with Gasteiger partial charge < -0.3 is 9.64 Å². The molecule has 0 amide bonds. The third kappa shape index (κ3) is 2.63. The van der Waals surface area contributed by atoms with E-state index in [9.17, 15) is 4.79 Å². The van der Waals surface area contributed by atoms with Crippen LogP contribution in [0.4, 0.5) is 5.69 Å². The average Bonchev–Trinajstić information content (AvgIpc) is 2.62. The molecule has 2 saturated heterocycles. The van der Waals surface area contributed by atoms with Crippen LogP contribution in [0.5, 0.6) is 5.75 Å². The first kappa shape index (κ1) is 15.7. The maximum absolute atomic E-state index is 12.5. The molecule has 2 aromatic carbocycles. The fourth-order valence-electron chi connectivity index (χ4n) is 4.19. The molecule has 5 rings (SSSR count). The van der Waals surface area contributed by atoms with Crippen LogP contribution in [0.15, 0.2) is 53.0 Å². The number of hydrogen-bond donors (Lipinski definition) is 0. The van der Waals surface area contributed by atoms with E-state index in [0.29, 0.717) is 18.2 Å². The highest BCUT2D eigenvalue weighted by Gasteiger charge is 2.47. The molecule has 1 aliphatic carbocycles. The summed E-state index contributed by atoms with van der Waals surface area (Å²) in [6.45, 7) is 0. The number of carbonyl (C=O) groups is 1.